The highest BCUT2D eigenvalue weighted by molar-refractivity contribution is 5.15. The lowest BCUT2D eigenvalue weighted by Gasteiger charge is -2.37. The number of aryl methyl sites for hydroxylation is 1. The molecule has 0 aliphatic heterocycles. The molecule has 2 atom stereocenters. The molecule has 0 saturated heterocycles. The lowest BCUT2D eigenvalue weighted by atomic mass is 9.76. The molecule has 1 rings (SSSR count). The Bertz CT molecular complexity index is 580. The molecule has 0 aliphatic carbocycles. The number of benzene rings is 1. The highest BCUT2D eigenvalue weighted by Crippen LogP contribution is 2.33. The Kier molecular flexibility index (Phi) is 13.5. The van der Waals surface area contributed by atoms with Gasteiger partial charge in [0.25, 0.3) is 0 Å². The van der Waals surface area contributed by atoms with Crippen LogP contribution in [0.4, 0.5) is 0 Å². The molecule has 2 unspecified atom stereocenters. The Morgan fingerprint density at radius 2 is 1.90 bits per heavy atom. The van der Waals surface area contributed by atoms with Gasteiger partial charge in [0.1, 0.15) is 0 Å². The first kappa shape index (κ1) is 26.5. The molecule has 0 aliphatic rings. The zero-order chi connectivity index (χ0) is 22.2. The summed E-state index contributed by atoms with van der Waals surface area (Å²) in [4.78, 5) is 2.59. The van der Waals surface area contributed by atoms with Crippen molar-refractivity contribution in [3.63, 3.8) is 0 Å². The van der Waals surface area contributed by atoms with Gasteiger partial charge in [-0.15, -0.1) is 6.58 Å². The Hall–Kier alpha value is -1.54. The van der Waals surface area contributed by atoms with Crippen molar-refractivity contribution in [2.45, 2.75) is 78.6 Å². The number of allylic oxidation sites excluding steroid dienone is 1. The van der Waals surface area contributed by atoms with Crippen LogP contribution in [0, 0.1) is 11.3 Å². The maximum Gasteiger partial charge on any atom is 0.0147 e. The van der Waals surface area contributed by atoms with Gasteiger partial charge in [-0.2, -0.15) is 0 Å². The Morgan fingerprint density at radius 1 is 1.17 bits per heavy atom. The van der Waals surface area contributed by atoms with Crippen LogP contribution >= 0.6 is 0 Å². The summed E-state index contributed by atoms with van der Waals surface area (Å²) in [5, 5.41) is 3.34. The molecule has 0 radical (unpaired) electrons. The first-order valence-electron chi connectivity index (χ1n) is 12.2. The van der Waals surface area contributed by atoms with Gasteiger partial charge in [0.2, 0.25) is 0 Å². The smallest absolute Gasteiger partial charge is 0.0147 e. The molecule has 1 aromatic rings. The summed E-state index contributed by atoms with van der Waals surface area (Å²) in [6.45, 7) is 18.2. The molecule has 170 valence electrons. The summed E-state index contributed by atoms with van der Waals surface area (Å²) in [5.41, 5.74) is 3.13. The van der Waals surface area contributed by atoms with Crippen molar-refractivity contribution in [3.05, 3.63) is 60.8 Å². The molecule has 0 fully saturated rings. The zero-order valence-electron chi connectivity index (χ0n) is 20.4. The van der Waals surface area contributed by atoms with Crippen LogP contribution < -0.4 is 5.32 Å². The summed E-state index contributed by atoms with van der Waals surface area (Å²) >= 11 is 0. The fourth-order valence-electron chi connectivity index (χ4n) is 4.55. The molecule has 2 nitrogen and oxygen atoms in total. The molecule has 2 heteroatoms. The van der Waals surface area contributed by atoms with Crippen LogP contribution in [0.25, 0.3) is 0 Å². The van der Waals surface area contributed by atoms with E-state index in [-0.39, 0.29) is 0 Å². The van der Waals surface area contributed by atoms with Gasteiger partial charge in [-0.3, -0.25) is 0 Å². The van der Waals surface area contributed by atoms with Crippen LogP contribution in [-0.2, 0) is 6.42 Å². The molecule has 0 bridgehead atoms. The largest absolute Gasteiger partial charge is 0.391 e. The lowest BCUT2D eigenvalue weighted by molar-refractivity contribution is 0.139. The standard InChI is InChI=1S/C28H48N2/c1-7-26(18-17-25(4)5)16-13-23-30(6)24-28(8-2,21-22-29-9-3)20-19-27-14-11-10-12-15-27/h9-12,14-15,26,29H,3-4,7-8,13,16-24H2,1-2,5-6H3. The van der Waals surface area contributed by atoms with Crippen LogP contribution in [0.1, 0.15) is 77.7 Å². The van der Waals surface area contributed by atoms with Crippen molar-refractivity contribution in [1.82, 2.24) is 10.2 Å². The van der Waals surface area contributed by atoms with Crippen molar-refractivity contribution < 1.29 is 0 Å². The number of rotatable bonds is 18. The van der Waals surface area contributed by atoms with Gasteiger partial charge in [-0.1, -0.05) is 62.8 Å². The van der Waals surface area contributed by atoms with Crippen molar-refractivity contribution in [2.24, 2.45) is 11.3 Å². The van der Waals surface area contributed by atoms with Crippen LogP contribution in [0.3, 0.4) is 0 Å². The Labute approximate surface area is 187 Å². The minimum atomic E-state index is 0.352. The van der Waals surface area contributed by atoms with E-state index in [9.17, 15) is 0 Å². The predicted molar refractivity (Wildman–Crippen MR) is 135 cm³/mol. The van der Waals surface area contributed by atoms with Crippen molar-refractivity contribution >= 4 is 0 Å². The van der Waals surface area contributed by atoms with E-state index in [1.165, 1.54) is 75.6 Å². The minimum absolute atomic E-state index is 0.352. The van der Waals surface area contributed by atoms with E-state index in [2.05, 4.69) is 81.5 Å². The second kappa shape index (κ2) is 15.3. The van der Waals surface area contributed by atoms with Crippen LogP contribution in [-0.4, -0.2) is 31.6 Å². The van der Waals surface area contributed by atoms with Gasteiger partial charge in [0.15, 0.2) is 0 Å². The van der Waals surface area contributed by atoms with Crippen molar-refractivity contribution in [2.75, 3.05) is 26.7 Å². The fraction of sp³-hybridized carbons (Fsp3) is 0.643. The van der Waals surface area contributed by atoms with Gasteiger partial charge in [0, 0.05) is 13.1 Å². The second-order valence-corrected chi connectivity index (χ2v) is 9.40. The molecule has 0 heterocycles. The lowest BCUT2D eigenvalue weighted by Crippen LogP contribution is -2.38. The molecule has 1 aromatic carbocycles. The fourth-order valence-corrected chi connectivity index (χ4v) is 4.55. The first-order chi connectivity index (χ1) is 14.4. The summed E-state index contributed by atoms with van der Waals surface area (Å²) in [6, 6.07) is 11.0. The predicted octanol–water partition coefficient (Wildman–Crippen LogP) is 7.23. The average molecular weight is 413 g/mol. The summed E-state index contributed by atoms with van der Waals surface area (Å²) in [7, 11) is 2.32. The molecule has 0 spiro atoms. The second-order valence-electron chi connectivity index (χ2n) is 9.40. The molecular formula is C28H48N2. The van der Waals surface area contributed by atoms with Crippen molar-refractivity contribution in [3.8, 4) is 0 Å². The van der Waals surface area contributed by atoms with Gasteiger partial charge in [-0.25, -0.2) is 0 Å². The van der Waals surface area contributed by atoms with Gasteiger partial charge in [-0.05, 0) is 95.0 Å². The number of nitrogens with zero attached hydrogens (tertiary/aromatic N) is 1. The third-order valence-electron chi connectivity index (χ3n) is 6.80. The van der Waals surface area contributed by atoms with E-state index in [0.717, 1.165) is 18.9 Å². The Balaban J connectivity index is 2.60. The topological polar surface area (TPSA) is 15.3 Å². The number of nitrogens with one attached hydrogen (secondary N) is 1. The van der Waals surface area contributed by atoms with E-state index < -0.39 is 0 Å². The summed E-state index contributed by atoms with van der Waals surface area (Å²) in [6.07, 6.45) is 13.1. The molecule has 0 saturated carbocycles. The Morgan fingerprint density at radius 3 is 2.50 bits per heavy atom. The normalized spacial score (nSPS) is 14.3. The van der Waals surface area contributed by atoms with Crippen LogP contribution in [0.5, 0.6) is 0 Å². The third-order valence-corrected chi connectivity index (χ3v) is 6.80. The monoisotopic (exact) mass is 412 g/mol. The number of hydrogen-bond acceptors (Lipinski definition) is 2. The van der Waals surface area contributed by atoms with E-state index in [0.29, 0.717) is 5.41 Å². The molecular weight excluding hydrogens is 364 g/mol. The van der Waals surface area contributed by atoms with Crippen LogP contribution in [0.2, 0.25) is 0 Å². The SMILES string of the molecule is C=CNCCC(CC)(CCc1ccccc1)CN(C)CCCC(CC)CCC(=C)C. The first-order valence-corrected chi connectivity index (χ1v) is 12.2. The van der Waals surface area contributed by atoms with Crippen LogP contribution in [0.15, 0.2) is 55.3 Å². The van der Waals surface area contributed by atoms with Crippen molar-refractivity contribution in [1.29, 1.82) is 0 Å². The maximum absolute atomic E-state index is 4.07. The molecule has 0 amide bonds. The molecule has 0 aromatic heterocycles. The molecule has 30 heavy (non-hydrogen) atoms. The van der Waals surface area contributed by atoms with Gasteiger partial charge in [0.05, 0.1) is 0 Å². The maximum atomic E-state index is 4.07. The average Bonchev–Trinajstić information content (AvgIpc) is 2.75. The van der Waals surface area contributed by atoms with Gasteiger partial charge >= 0.3 is 0 Å². The third kappa shape index (κ3) is 11.0. The van der Waals surface area contributed by atoms with E-state index in [4.69, 9.17) is 0 Å². The van der Waals surface area contributed by atoms with E-state index in [1.54, 1.807) is 0 Å². The number of hydrogen-bond donors (Lipinski definition) is 1. The zero-order valence-corrected chi connectivity index (χ0v) is 20.4. The van der Waals surface area contributed by atoms with E-state index >= 15 is 0 Å². The molecule has 1 N–H and O–H groups in total. The minimum Gasteiger partial charge on any atom is -0.391 e. The van der Waals surface area contributed by atoms with E-state index in [1.807, 2.05) is 6.20 Å². The highest BCUT2D eigenvalue weighted by atomic mass is 15.1. The summed E-state index contributed by atoms with van der Waals surface area (Å²) in [5.74, 6) is 0.848. The summed E-state index contributed by atoms with van der Waals surface area (Å²) < 4.78 is 0. The van der Waals surface area contributed by atoms with Gasteiger partial charge < -0.3 is 10.2 Å². The highest BCUT2D eigenvalue weighted by Gasteiger charge is 2.29. The quantitative estimate of drug-likeness (QED) is 0.202.